The van der Waals surface area contributed by atoms with Crippen molar-refractivity contribution in [3.05, 3.63) is 59.4 Å². The number of nitrogens with zero attached hydrogens (tertiary/aromatic N) is 2. The van der Waals surface area contributed by atoms with E-state index < -0.39 is 0 Å². The summed E-state index contributed by atoms with van der Waals surface area (Å²) in [4.78, 5) is 8.21. The molecule has 0 fully saturated rings. The Kier molecular flexibility index (Phi) is 4.58. The summed E-state index contributed by atoms with van der Waals surface area (Å²) in [6.07, 6.45) is 3.98. The lowest BCUT2D eigenvalue weighted by molar-refractivity contribution is 0.532. The first kappa shape index (κ1) is 13.6. The third-order valence-electron chi connectivity index (χ3n) is 3.15. The maximum absolute atomic E-state index is 13.3. The molecule has 3 nitrogen and oxygen atoms in total. The van der Waals surface area contributed by atoms with Gasteiger partial charge in [0.25, 0.3) is 0 Å². The zero-order chi connectivity index (χ0) is 13.7. The lowest BCUT2D eigenvalue weighted by atomic mass is 9.99. The molecule has 1 aromatic heterocycles. The smallest absolute Gasteiger partial charge is 0.123 e. The molecule has 0 saturated carbocycles. The van der Waals surface area contributed by atoms with Crippen molar-refractivity contribution in [1.82, 2.24) is 15.3 Å². The van der Waals surface area contributed by atoms with Crippen molar-refractivity contribution >= 4 is 0 Å². The van der Waals surface area contributed by atoms with Crippen molar-refractivity contribution in [3.8, 4) is 0 Å². The van der Waals surface area contributed by atoms with Crippen molar-refractivity contribution in [2.75, 3.05) is 6.54 Å². The number of aromatic nitrogens is 2. The highest BCUT2D eigenvalue weighted by atomic mass is 19.1. The Hall–Kier alpha value is -1.81. The monoisotopic (exact) mass is 259 g/mol. The van der Waals surface area contributed by atoms with Gasteiger partial charge in [-0.15, -0.1) is 0 Å². The minimum absolute atomic E-state index is 0.0773. The van der Waals surface area contributed by atoms with E-state index >= 15 is 0 Å². The van der Waals surface area contributed by atoms with Crippen LogP contribution in [-0.4, -0.2) is 16.5 Å². The van der Waals surface area contributed by atoms with Crippen LogP contribution in [0.4, 0.5) is 4.39 Å². The Morgan fingerprint density at radius 2 is 2.16 bits per heavy atom. The molecule has 4 heteroatoms. The molecule has 0 aliphatic heterocycles. The van der Waals surface area contributed by atoms with E-state index in [0.717, 1.165) is 23.4 Å². The van der Waals surface area contributed by atoms with Crippen LogP contribution in [0.1, 0.15) is 29.8 Å². The number of hydrogen-bond acceptors (Lipinski definition) is 3. The number of nitrogens with one attached hydrogen (secondary N) is 1. The Labute approximate surface area is 112 Å². The van der Waals surface area contributed by atoms with Crippen LogP contribution in [0.15, 0.2) is 36.8 Å². The molecule has 1 atom stereocenters. The predicted molar refractivity (Wildman–Crippen MR) is 73.3 cm³/mol. The molecule has 19 heavy (non-hydrogen) atoms. The summed E-state index contributed by atoms with van der Waals surface area (Å²) in [5, 5.41) is 3.38. The fraction of sp³-hybridized carbons (Fsp3) is 0.333. The number of benzene rings is 1. The highest BCUT2D eigenvalue weighted by Gasteiger charge is 2.14. The van der Waals surface area contributed by atoms with Gasteiger partial charge in [-0.05, 0) is 49.2 Å². The van der Waals surface area contributed by atoms with Crippen LogP contribution in [0.3, 0.4) is 0 Å². The molecule has 100 valence electrons. The van der Waals surface area contributed by atoms with Crippen molar-refractivity contribution in [3.63, 3.8) is 0 Å². The molecule has 1 aromatic carbocycles. The zero-order valence-corrected chi connectivity index (χ0v) is 11.2. The van der Waals surface area contributed by atoms with Crippen LogP contribution in [0.25, 0.3) is 0 Å². The molecule has 0 saturated heterocycles. The molecule has 2 aromatic rings. The second kappa shape index (κ2) is 6.38. The summed E-state index contributed by atoms with van der Waals surface area (Å²) in [5.74, 6) is -0.196. The maximum atomic E-state index is 13.3. The summed E-state index contributed by atoms with van der Waals surface area (Å²) >= 11 is 0. The Balaban J connectivity index is 2.24. The lowest BCUT2D eigenvalue weighted by Crippen LogP contribution is -2.24. The summed E-state index contributed by atoms with van der Waals surface area (Å²) in [5.41, 5.74) is 3.03. The first-order valence-electron chi connectivity index (χ1n) is 6.45. The topological polar surface area (TPSA) is 37.8 Å². The van der Waals surface area contributed by atoms with E-state index in [1.807, 2.05) is 26.0 Å². The minimum Gasteiger partial charge on any atom is -0.309 e. The number of halogens is 1. The number of likely N-dealkylation sites (N-methyl/N-ethyl adjacent to an activating group) is 1. The van der Waals surface area contributed by atoms with E-state index in [4.69, 9.17) is 0 Å². The summed E-state index contributed by atoms with van der Waals surface area (Å²) in [7, 11) is 0. The predicted octanol–water partition coefficient (Wildman–Crippen LogP) is 2.82. The molecular weight excluding hydrogens is 241 g/mol. The molecule has 2 rings (SSSR count). The number of hydrogen-bond donors (Lipinski definition) is 1. The fourth-order valence-electron chi connectivity index (χ4n) is 2.11. The standard InChI is InChI=1S/C15H18FN3/c1-3-18-15(14-6-7-17-10-19-14)9-12-8-13(16)5-4-11(12)2/h4-8,10,15,18H,3,9H2,1-2H3. The van der Waals surface area contributed by atoms with Crippen LogP contribution in [0.2, 0.25) is 0 Å². The maximum Gasteiger partial charge on any atom is 0.123 e. The molecular formula is C15H18FN3. The van der Waals surface area contributed by atoms with Crippen molar-refractivity contribution in [2.24, 2.45) is 0 Å². The average Bonchev–Trinajstić information content (AvgIpc) is 2.43. The van der Waals surface area contributed by atoms with E-state index in [9.17, 15) is 4.39 Å². The first-order chi connectivity index (χ1) is 9.20. The quantitative estimate of drug-likeness (QED) is 0.897. The van der Waals surface area contributed by atoms with Crippen molar-refractivity contribution < 1.29 is 4.39 Å². The highest BCUT2D eigenvalue weighted by molar-refractivity contribution is 5.28. The third-order valence-corrected chi connectivity index (χ3v) is 3.15. The van der Waals surface area contributed by atoms with E-state index in [1.165, 1.54) is 12.4 Å². The van der Waals surface area contributed by atoms with Crippen LogP contribution in [0.5, 0.6) is 0 Å². The Morgan fingerprint density at radius 3 is 2.84 bits per heavy atom. The van der Waals surface area contributed by atoms with Gasteiger partial charge in [-0.1, -0.05) is 13.0 Å². The second-order valence-electron chi connectivity index (χ2n) is 4.52. The van der Waals surface area contributed by atoms with E-state index in [-0.39, 0.29) is 11.9 Å². The molecule has 1 unspecified atom stereocenters. The Morgan fingerprint density at radius 1 is 1.32 bits per heavy atom. The molecule has 1 heterocycles. The van der Waals surface area contributed by atoms with Gasteiger partial charge in [-0.2, -0.15) is 0 Å². The Bertz CT molecular complexity index is 528. The summed E-state index contributed by atoms with van der Waals surface area (Å²) in [6.45, 7) is 4.88. The highest BCUT2D eigenvalue weighted by Crippen LogP contribution is 2.19. The van der Waals surface area contributed by atoms with Crippen molar-refractivity contribution in [2.45, 2.75) is 26.3 Å². The van der Waals surface area contributed by atoms with Gasteiger partial charge in [-0.25, -0.2) is 14.4 Å². The van der Waals surface area contributed by atoms with Gasteiger partial charge in [0.15, 0.2) is 0 Å². The van der Waals surface area contributed by atoms with Gasteiger partial charge in [0, 0.05) is 6.20 Å². The van der Waals surface area contributed by atoms with Gasteiger partial charge < -0.3 is 5.32 Å². The number of rotatable bonds is 5. The molecule has 0 amide bonds. The second-order valence-corrected chi connectivity index (χ2v) is 4.52. The minimum atomic E-state index is -0.196. The van der Waals surface area contributed by atoms with E-state index in [0.29, 0.717) is 6.42 Å². The fourth-order valence-corrected chi connectivity index (χ4v) is 2.11. The first-order valence-corrected chi connectivity index (χ1v) is 6.45. The van der Waals surface area contributed by atoms with Crippen molar-refractivity contribution in [1.29, 1.82) is 0 Å². The van der Waals surface area contributed by atoms with Gasteiger partial charge in [0.05, 0.1) is 11.7 Å². The van der Waals surface area contributed by atoms with Gasteiger partial charge in [0.2, 0.25) is 0 Å². The molecule has 0 aliphatic rings. The van der Waals surface area contributed by atoms with Gasteiger partial charge in [-0.3, -0.25) is 0 Å². The largest absolute Gasteiger partial charge is 0.309 e. The van der Waals surface area contributed by atoms with Crippen LogP contribution >= 0.6 is 0 Å². The van der Waals surface area contributed by atoms with Gasteiger partial charge in [0.1, 0.15) is 12.1 Å². The summed E-state index contributed by atoms with van der Waals surface area (Å²) < 4.78 is 13.3. The van der Waals surface area contributed by atoms with Gasteiger partial charge >= 0.3 is 0 Å². The van der Waals surface area contributed by atoms with Crippen LogP contribution in [-0.2, 0) is 6.42 Å². The number of aryl methyl sites for hydroxylation is 1. The zero-order valence-electron chi connectivity index (χ0n) is 11.2. The molecule has 1 N–H and O–H groups in total. The molecule has 0 aliphatic carbocycles. The molecule has 0 spiro atoms. The average molecular weight is 259 g/mol. The van der Waals surface area contributed by atoms with Crippen LogP contribution in [0, 0.1) is 12.7 Å². The van der Waals surface area contributed by atoms with E-state index in [2.05, 4.69) is 15.3 Å². The molecule has 0 bridgehead atoms. The van der Waals surface area contributed by atoms with Crippen LogP contribution < -0.4 is 5.32 Å². The normalized spacial score (nSPS) is 12.4. The third kappa shape index (κ3) is 3.58. The van der Waals surface area contributed by atoms with E-state index in [1.54, 1.807) is 12.3 Å². The summed E-state index contributed by atoms with van der Waals surface area (Å²) in [6, 6.07) is 6.87. The molecule has 0 radical (unpaired) electrons. The SMILES string of the molecule is CCNC(Cc1cc(F)ccc1C)c1ccncn1. The lowest BCUT2D eigenvalue weighted by Gasteiger charge is -2.18.